The maximum atomic E-state index is 8.70. The molecule has 0 bridgehead atoms. The largest absolute Gasteiger partial charge is 0.692 e. The highest BCUT2D eigenvalue weighted by Gasteiger charge is 1.93. The maximum Gasteiger partial charge on any atom is 0.692 e. The zero-order chi connectivity index (χ0) is 7.11. The molecule has 50 valence electrons. The van der Waals surface area contributed by atoms with Crippen LogP contribution in [-0.2, 0) is 4.57 Å². The highest BCUT2D eigenvalue weighted by molar-refractivity contribution is 7.30. The second kappa shape index (κ2) is 5.44. The van der Waals surface area contributed by atoms with Gasteiger partial charge in [0.1, 0.15) is 0 Å². The molecule has 0 aliphatic carbocycles. The molecule has 0 amide bonds. The van der Waals surface area contributed by atoms with E-state index < -0.39 is 8.25 Å². The van der Waals surface area contributed by atoms with Crippen LogP contribution in [-0.4, -0.2) is 9.79 Å². The number of furan rings is 1. The van der Waals surface area contributed by atoms with Gasteiger partial charge < -0.3 is 4.42 Å². The third-order valence-corrected chi connectivity index (χ3v) is 0.425. The van der Waals surface area contributed by atoms with E-state index in [1.165, 1.54) is 0 Å². The fourth-order valence-electron chi connectivity index (χ4n) is 0.227. The second-order valence-electron chi connectivity index (χ2n) is 1.05. The molecular formula is C4H6O4P+. The first-order valence-corrected chi connectivity index (χ1v) is 3.22. The molecule has 0 aromatic carbocycles. The average molecular weight is 149 g/mol. The molecule has 1 heterocycles. The lowest BCUT2D eigenvalue weighted by Gasteiger charge is -1.50. The van der Waals surface area contributed by atoms with Crippen molar-refractivity contribution in [3.8, 4) is 0 Å². The van der Waals surface area contributed by atoms with Crippen LogP contribution in [0.25, 0.3) is 0 Å². The van der Waals surface area contributed by atoms with Gasteiger partial charge in [-0.2, -0.15) is 0 Å². The molecule has 1 aromatic rings. The monoisotopic (exact) mass is 149 g/mol. The van der Waals surface area contributed by atoms with E-state index in [2.05, 4.69) is 4.42 Å². The van der Waals surface area contributed by atoms with Gasteiger partial charge in [0.15, 0.2) is 0 Å². The van der Waals surface area contributed by atoms with Crippen molar-refractivity contribution in [3.63, 3.8) is 0 Å². The molecule has 0 unspecified atom stereocenters. The van der Waals surface area contributed by atoms with E-state index in [1.807, 2.05) is 12.1 Å². The molecule has 1 rings (SSSR count). The Labute approximate surface area is 52.7 Å². The van der Waals surface area contributed by atoms with Crippen molar-refractivity contribution in [2.24, 2.45) is 0 Å². The summed E-state index contributed by atoms with van der Waals surface area (Å²) in [6.45, 7) is 0. The van der Waals surface area contributed by atoms with E-state index in [9.17, 15) is 0 Å². The van der Waals surface area contributed by atoms with Crippen LogP contribution >= 0.6 is 8.25 Å². The summed E-state index contributed by atoms with van der Waals surface area (Å²) in [5.41, 5.74) is 0. The third-order valence-electron chi connectivity index (χ3n) is 0.425. The first-order chi connectivity index (χ1) is 4.23. The number of hydrogen-bond acceptors (Lipinski definition) is 2. The Morgan fingerprint density at radius 3 is 1.67 bits per heavy atom. The van der Waals surface area contributed by atoms with Crippen LogP contribution in [0.4, 0.5) is 0 Å². The topological polar surface area (TPSA) is 70.7 Å². The summed E-state index contributed by atoms with van der Waals surface area (Å²) >= 11 is 0. The summed E-state index contributed by atoms with van der Waals surface area (Å²) in [6, 6.07) is 3.67. The lowest BCUT2D eigenvalue weighted by Crippen LogP contribution is -1.38. The Bertz CT molecular complexity index is 126. The lowest BCUT2D eigenvalue weighted by molar-refractivity contribution is 0.405. The summed E-state index contributed by atoms with van der Waals surface area (Å²) in [6.07, 6.45) is 3.25. The highest BCUT2D eigenvalue weighted by atomic mass is 31.1. The molecule has 0 fully saturated rings. The van der Waals surface area contributed by atoms with E-state index >= 15 is 0 Å². The standard InChI is InChI=1S/C4H4O.HO3P/c1-2-4-5-3-1;1-4(2)3/h1-4H;(H-,1,2,3)/p+1. The number of hydrogen-bond donors (Lipinski definition) is 2. The predicted octanol–water partition coefficient (Wildman–Crippen LogP) is 0.908. The molecule has 0 aliphatic heterocycles. The van der Waals surface area contributed by atoms with Crippen molar-refractivity contribution < 1.29 is 18.8 Å². The predicted molar refractivity (Wildman–Crippen MR) is 30.8 cm³/mol. The summed E-state index contributed by atoms with van der Waals surface area (Å²) in [5.74, 6) is 0. The van der Waals surface area contributed by atoms with Crippen LogP contribution in [0.15, 0.2) is 29.1 Å². The highest BCUT2D eigenvalue weighted by Crippen LogP contribution is 1.98. The van der Waals surface area contributed by atoms with Crippen LogP contribution in [0.3, 0.4) is 0 Å². The van der Waals surface area contributed by atoms with Crippen LogP contribution in [0.1, 0.15) is 0 Å². The van der Waals surface area contributed by atoms with E-state index in [-0.39, 0.29) is 0 Å². The van der Waals surface area contributed by atoms with E-state index in [0.717, 1.165) is 0 Å². The molecule has 0 aliphatic rings. The molecule has 0 atom stereocenters. The molecular weight excluding hydrogens is 143 g/mol. The Balaban J connectivity index is 0.000000148. The smallest absolute Gasteiger partial charge is 0.473 e. The molecule has 2 N–H and O–H groups in total. The Kier molecular flexibility index (Phi) is 5.01. The third kappa shape index (κ3) is 11.1. The van der Waals surface area contributed by atoms with Gasteiger partial charge in [0, 0.05) is 4.57 Å². The minimum absolute atomic E-state index is 1.62. The Morgan fingerprint density at radius 1 is 1.22 bits per heavy atom. The molecule has 4 nitrogen and oxygen atoms in total. The first-order valence-electron chi connectivity index (χ1n) is 2.05. The molecule has 0 spiro atoms. The van der Waals surface area contributed by atoms with E-state index in [0.29, 0.717) is 0 Å². The Morgan fingerprint density at radius 2 is 1.56 bits per heavy atom. The van der Waals surface area contributed by atoms with Crippen LogP contribution < -0.4 is 0 Å². The molecule has 1 aromatic heterocycles. The summed E-state index contributed by atoms with van der Waals surface area (Å²) in [7, 11) is -2.87. The zero-order valence-electron chi connectivity index (χ0n) is 4.47. The normalized spacial score (nSPS) is 7.33. The van der Waals surface area contributed by atoms with Crippen molar-refractivity contribution in [1.82, 2.24) is 0 Å². The molecule has 0 saturated carbocycles. The van der Waals surface area contributed by atoms with E-state index in [4.69, 9.17) is 14.4 Å². The van der Waals surface area contributed by atoms with Gasteiger partial charge in [-0.15, -0.1) is 9.79 Å². The van der Waals surface area contributed by atoms with Gasteiger partial charge in [0.05, 0.1) is 12.5 Å². The quantitative estimate of drug-likeness (QED) is 0.537. The summed E-state index contributed by atoms with van der Waals surface area (Å²) < 4.78 is 13.3. The van der Waals surface area contributed by atoms with Gasteiger partial charge in [-0.1, -0.05) is 0 Å². The van der Waals surface area contributed by atoms with Gasteiger partial charge in [-0.05, 0) is 12.1 Å². The molecule has 9 heavy (non-hydrogen) atoms. The van der Waals surface area contributed by atoms with Crippen LogP contribution in [0.2, 0.25) is 0 Å². The first kappa shape index (κ1) is 8.30. The lowest BCUT2D eigenvalue weighted by atomic mass is 10.7. The fourth-order valence-corrected chi connectivity index (χ4v) is 0.227. The zero-order valence-corrected chi connectivity index (χ0v) is 5.36. The van der Waals surface area contributed by atoms with Gasteiger partial charge in [-0.25, -0.2) is 0 Å². The van der Waals surface area contributed by atoms with Gasteiger partial charge >= 0.3 is 8.25 Å². The minimum atomic E-state index is -2.87. The van der Waals surface area contributed by atoms with Gasteiger partial charge in [0.2, 0.25) is 0 Å². The van der Waals surface area contributed by atoms with Crippen molar-refractivity contribution in [2.75, 3.05) is 0 Å². The summed E-state index contributed by atoms with van der Waals surface area (Å²) in [5, 5.41) is 0. The van der Waals surface area contributed by atoms with E-state index in [1.54, 1.807) is 12.5 Å². The van der Waals surface area contributed by atoms with Crippen LogP contribution in [0.5, 0.6) is 0 Å². The second-order valence-corrected chi connectivity index (χ2v) is 1.55. The molecule has 0 radical (unpaired) electrons. The van der Waals surface area contributed by atoms with Crippen molar-refractivity contribution in [3.05, 3.63) is 24.7 Å². The average Bonchev–Trinajstić information content (AvgIpc) is 2.11. The SMILES string of the molecule is O=[P+](O)O.c1ccoc1. The van der Waals surface area contributed by atoms with Gasteiger partial charge in [-0.3, -0.25) is 0 Å². The Hall–Kier alpha value is -0.700. The van der Waals surface area contributed by atoms with Crippen molar-refractivity contribution in [1.29, 1.82) is 0 Å². The fraction of sp³-hybridized carbons (Fsp3) is 0. The maximum absolute atomic E-state index is 8.70. The van der Waals surface area contributed by atoms with Crippen molar-refractivity contribution in [2.45, 2.75) is 0 Å². The van der Waals surface area contributed by atoms with Crippen LogP contribution in [0, 0.1) is 0 Å². The summed E-state index contributed by atoms with van der Waals surface area (Å²) in [4.78, 5) is 14.2. The molecule has 5 heteroatoms. The molecule has 0 saturated heterocycles. The number of rotatable bonds is 0. The van der Waals surface area contributed by atoms with Crippen molar-refractivity contribution >= 4 is 8.25 Å². The van der Waals surface area contributed by atoms with Gasteiger partial charge in [0.25, 0.3) is 0 Å². The minimum Gasteiger partial charge on any atom is -0.473 e.